The van der Waals surface area contributed by atoms with Gasteiger partial charge in [-0.1, -0.05) is 11.6 Å². The molecule has 0 saturated carbocycles. The predicted octanol–water partition coefficient (Wildman–Crippen LogP) is 3.31. The Morgan fingerprint density at radius 2 is 2.31 bits per heavy atom. The van der Waals surface area contributed by atoms with Crippen molar-refractivity contribution in [3.05, 3.63) is 28.0 Å². The van der Waals surface area contributed by atoms with Crippen molar-refractivity contribution in [2.75, 3.05) is 12.3 Å². The first-order valence-electron chi connectivity index (χ1n) is 6.07. The lowest BCUT2D eigenvalue weighted by Gasteiger charge is -2.12. The van der Waals surface area contributed by atoms with Gasteiger partial charge in [0.15, 0.2) is 0 Å². The largest absolute Gasteiger partial charge is 0.398 e. The highest BCUT2D eigenvalue weighted by molar-refractivity contribution is 7.10. The first-order chi connectivity index (χ1) is 7.86. The summed E-state index contributed by atoms with van der Waals surface area (Å²) in [6.07, 6.45) is 8.97. The fourth-order valence-corrected chi connectivity index (χ4v) is 2.85. The lowest BCUT2D eigenvalue weighted by molar-refractivity contribution is 0.635. The average Bonchev–Trinajstić information content (AvgIpc) is 2.72. The van der Waals surface area contributed by atoms with Gasteiger partial charge >= 0.3 is 0 Å². The first kappa shape index (κ1) is 11.7. The van der Waals surface area contributed by atoms with Gasteiger partial charge in [-0.05, 0) is 50.1 Å². The van der Waals surface area contributed by atoms with E-state index in [2.05, 4.69) is 16.8 Å². The molecule has 16 heavy (non-hydrogen) atoms. The Kier molecular flexibility index (Phi) is 4.43. The van der Waals surface area contributed by atoms with Crippen molar-refractivity contribution in [3.8, 4) is 0 Å². The van der Waals surface area contributed by atoms with Crippen LogP contribution >= 0.6 is 11.3 Å². The number of nitrogen functional groups attached to an aromatic ring is 1. The van der Waals surface area contributed by atoms with Crippen molar-refractivity contribution in [1.29, 1.82) is 0 Å². The van der Waals surface area contributed by atoms with E-state index in [0.717, 1.165) is 18.8 Å². The van der Waals surface area contributed by atoms with Crippen molar-refractivity contribution in [1.82, 2.24) is 5.32 Å². The van der Waals surface area contributed by atoms with E-state index in [-0.39, 0.29) is 0 Å². The second-order valence-electron chi connectivity index (χ2n) is 4.33. The summed E-state index contributed by atoms with van der Waals surface area (Å²) >= 11 is 1.73. The van der Waals surface area contributed by atoms with E-state index in [0.29, 0.717) is 0 Å². The monoisotopic (exact) mass is 236 g/mol. The van der Waals surface area contributed by atoms with Crippen molar-refractivity contribution in [2.24, 2.45) is 0 Å². The maximum Gasteiger partial charge on any atom is 0.0468 e. The SMILES string of the molecule is Nc1ccsc1CNCCC1=CCCCC1. The molecule has 3 N–H and O–H groups in total. The second-order valence-corrected chi connectivity index (χ2v) is 5.33. The molecule has 0 atom stereocenters. The van der Waals surface area contributed by atoms with E-state index in [4.69, 9.17) is 5.73 Å². The van der Waals surface area contributed by atoms with Crippen LogP contribution in [0.25, 0.3) is 0 Å². The van der Waals surface area contributed by atoms with Gasteiger partial charge in [-0.2, -0.15) is 0 Å². The van der Waals surface area contributed by atoms with Crippen LogP contribution in [0.3, 0.4) is 0 Å². The highest BCUT2D eigenvalue weighted by Crippen LogP contribution is 2.20. The van der Waals surface area contributed by atoms with Crippen LogP contribution < -0.4 is 11.1 Å². The predicted molar refractivity (Wildman–Crippen MR) is 71.6 cm³/mol. The Bertz CT molecular complexity index is 355. The molecule has 1 aliphatic carbocycles. The zero-order valence-electron chi connectivity index (χ0n) is 9.67. The molecular formula is C13H20N2S. The standard InChI is InChI=1S/C13H20N2S/c14-12-7-9-16-13(12)10-15-8-6-11-4-2-1-3-5-11/h4,7,9,15H,1-3,5-6,8,10,14H2. The second kappa shape index (κ2) is 6.06. The molecule has 1 heterocycles. The third-order valence-electron chi connectivity index (χ3n) is 3.07. The summed E-state index contributed by atoms with van der Waals surface area (Å²) in [5.41, 5.74) is 8.39. The third-order valence-corrected chi connectivity index (χ3v) is 4.01. The molecule has 0 bridgehead atoms. The highest BCUT2D eigenvalue weighted by Gasteiger charge is 2.03. The Balaban J connectivity index is 1.65. The number of anilines is 1. The molecule has 3 heteroatoms. The van der Waals surface area contributed by atoms with Crippen LogP contribution in [0.4, 0.5) is 5.69 Å². The van der Waals surface area contributed by atoms with E-state index in [1.165, 1.54) is 37.0 Å². The lowest BCUT2D eigenvalue weighted by Crippen LogP contribution is -2.15. The first-order valence-corrected chi connectivity index (χ1v) is 6.94. The molecule has 0 unspecified atom stereocenters. The van der Waals surface area contributed by atoms with E-state index in [1.807, 2.05) is 6.07 Å². The molecule has 0 aliphatic heterocycles. The average molecular weight is 236 g/mol. The highest BCUT2D eigenvalue weighted by atomic mass is 32.1. The fourth-order valence-electron chi connectivity index (χ4n) is 2.08. The van der Waals surface area contributed by atoms with Gasteiger partial charge in [0, 0.05) is 17.1 Å². The van der Waals surface area contributed by atoms with E-state index < -0.39 is 0 Å². The molecule has 0 fully saturated rings. The van der Waals surface area contributed by atoms with Gasteiger partial charge in [-0.3, -0.25) is 0 Å². The molecule has 2 nitrogen and oxygen atoms in total. The summed E-state index contributed by atoms with van der Waals surface area (Å²) in [6.45, 7) is 1.99. The van der Waals surface area contributed by atoms with Crippen molar-refractivity contribution < 1.29 is 0 Å². The number of rotatable bonds is 5. The lowest BCUT2D eigenvalue weighted by atomic mass is 9.97. The summed E-state index contributed by atoms with van der Waals surface area (Å²) in [7, 11) is 0. The smallest absolute Gasteiger partial charge is 0.0468 e. The van der Waals surface area contributed by atoms with E-state index in [9.17, 15) is 0 Å². The molecule has 0 radical (unpaired) electrons. The van der Waals surface area contributed by atoms with Crippen LogP contribution in [0.2, 0.25) is 0 Å². The van der Waals surface area contributed by atoms with Crippen LogP contribution in [0.5, 0.6) is 0 Å². The summed E-state index contributed by atoms with van der Waals surface area (Å²) in [4.78, 5) is 1.26. The van der Waals surface area contributed by atoms with Crippen LogP contribution in [0.1, 0.15) is 37.0 Å². The molecule has 88 valence electrons. The molecule has 0 aromatic carbocycles. The zero-order valence-corrected chi connectivity index (χ0v) is 10.5. The van der Waals surface area contributed by atoms with Gasteiger partial charge in [-0.25, -0.2) is 0 Å². The molecule has 0 spiro atoms. The number of thiophene rings is 1. The Labute approximate surface area is 102 Å². The van der Waals surface area contributed by atoms with Crippen LogP contribution in [-0.2, 0) is 6.54 Å². The molecule has 1 aliphatic rings. The molecule has 0 amide bonds. The Hall–Kier alpha value is -0.800. The van der Waals surface area contributed by atoms with Gasteiger partial charge in [0.25, 0.3) is 0 Å². The molecule has 1 aromatic rings. The van der Waals surface area contributed by atoms with Crippen LogP contribution in [-0.4, -0.2) is 6.54 Å². The number of nitrogens with two attached hydrogens (primary N) is 1. The van der Waals surface area contributed by atoms with Gasteiger partial charge in [0.05, 0.1) is 0 Å². The molecule has 0 saturated heterocycles. The van der Waals surface area contributed by atoms with Crippen LogP contribution in [0, 0.1) is 0 Å². The van der Waals surface area contributed by atoms with E-state index in [1.54, 1.807) is 16.9 Å². The summed E-state index contributed by atoms with van der Waals surface area (Å²) < 4.78 is 0. The van der Waals surface area contributed by atoms with Crippen molar-refractivity contribution in [3.63, 3.8) is 0 Å². The number of hydrogen-bond acceptors (Lipinski definition) is 3. The molecule has 2 rings (SSSR count). The summed E-state index contributed by atoms with van der Waals surface area (Å²) in [5.74, 6) is 0. The van der Waals surface area contributed by atoms with E-state index >= 15 is 0 Å². The van der Waals surface area contributed by atoms with Gasteiger partial charge < -0.3 is 11.1 Å². The van der Waals surface area contributed by atoms with Crippen molar-refractivity contribution in [2.45, 2.75) is 38.6 Å². The number of nitrogens with one attached hydrogen (secondary N) is 1. The number of allylic oxidation sites excluding steroid dienone is 1. The molecular weight excluding hydrogens is 216 g/mol. The van der Waals surface area contributed by atoms with Crippen LogP contribution in [0.15, 0.2) is 23.1 Å². The van der Waals surface area contributed by atoms with Gasteiger partial charge in [-0.15, -0.1) is 11.3 Å². The topological polar surface area (TPSA) is 38.0 Å². The maximum atomic E-state index is 5.82. The fraction of sp³-hybridized carbons (Fsp3) is 0.538. The quantitative estimate of drug-likeness (QED) is 0.608. The minimum Gasteiger partial charge on any atom is -0.398 e. The minimum atomic E-state index is 0.913. The summed E-state index contributed by atoms with van der Waals surface area (Å²) in [6, 6.07) is 1.98. The van der Waals surface area contributed by atoms with Gasteiger partial charge in [0.2, 0.25) is 0 Å². The summed E-state index contributed by atoms with van der Waals surface area (Å²) in [5, 5.41) is 5.52. The maximum absolute atomic E-state index is 5.82. The minimum absolute atomic E-state index is 0.913. The normalized spacial score (nSPS) is 16.1. The van der Waals surface area contributed by atoms with Crippen molar-refractivity contribution >= 4 is 17.0 Å². The zero-order chi connectivity index (χ0) is 11.2. The van der Waals surface area contributed by atoms with Gasteiger partial charge in [0.1, 0.15) is 0 Å². The number of hydrogen-bond donors (Lipinski definition) is 2. The Morgan fingerprint density at radius 1 is 1.38 bits per heavy atom. The third kappa shape index (κ3) is 3.35. The Morgan fingerprint density at radius 3 is 3.00 bits per heavy atom. The molecule has 1 aromatic heterocycles.